The van der Waals surface area contributed by atoms with Crippen molar-refractivity contribution in [2.45, 2.75) is 27.2 Å². The number of carbonyl (C=O) groups excluding carboxylic acids is 1. The summed E-state index contributed by atoms with van der Waals surface area (Å²) in [4.78, 5) is 13.3. The summed E-state index contributed by atoms with van der Waals surface area (Å²) in [5.74, 6) is 0.220. The maximum Gasteiger partial charge on any atom is 0.168 e. The van der Waals surface area contributed by atoms with Crippen LogP contribution in [0.25, 0.3) is 0 Å². The van der Waals surface area contributed by atoms with Gasteiger partial charge in [0.15, 0.2) is 5.78 Å². The molecular weight excluding hydrogens is 228 g/mol. The standard InChI is InChI=1S/C15H16OS/c1-10-4-5-11(2)13(8-10)9-15(16)14-6-7-17-12(14)3/h4-8H,9H2,1-3H3. The molecule has 1 nitrogen and oxygen atoms in total. The Morgan fingerprint density at radius 1 is 1.18 bits per heavy atom. The van der Waals surface area contributed by atoms with Gasteiger partial charge in [0.2, 0.25) is 0 Å². The monoisotopic (exact) mass is 244 g/mol. The lowest BCUT2D eigenvalue weighted by Crippen LogP contribution is -2.05. The molecule has 0 amide bonds. The van der Waals surface area contributed by atoms with Gasteiger partial charge in [-0.05, 0) is 43.3 Å². The van der Waals surface area contributed by atoms with E-state index in [0.29, 0.717) is 6.42 Å². The third-order valence-corrected chi connectivity index (χ3v) is 3.86. The van der Waals surface area contributed by atoms with E-state index in [9.17, 15) is 4.79 Å². The molecule has 0 N–H and O–H groups in total. The van der Waals surface area contributed by atoms with Crippen LogP contribution < -0.4 is 0 Å². The molecule has 0 fully saturated rings. The summed E-state index contributed by atoms with van der Waals surface area (Å²) in [6.07, 6.45) is 0.505. The smallest absolute Gasteiger partial charge is 0.168 e. The van der Waals surface area contributed by atoms with Crippen LogP contribution in [0.15, 0.2) is 29.6 Å². The van der Waals surface area contributed by atoms with E-state index in [-0.39, 0.29) is 5.78 Å². The molecule has 17 heavy (non-hydrogen) atoms. The van der Waals surface area contributed by atoms with Crippen LogP contribution >= 0.6 is 11.3 Å². The molecule has 1 aromatic carbocycles. The van der Waals surface area contributed by atoms with Crippen LogP contribution in [0, 0.1) is 20.8 Å². The van der Waals surface area contributed by atoms with Gasteiger partial charge in [-0.2, -0.15) is 0 Å². The van der Waals surface area contributed by atoms with Gasteiger partial charge >= 0.3 is 0 Å². The highest BCUT2D eigenvalue weighted by molar-refractivity contribution is 7.10. The number of hydrogen-bond acceptors (Lipinski definition) is 2. The number of thiophene rings is 1. The fourth-order valence-corrected chi connectivity index (χ4v) is 2.65. The van der Waals surface area contributed by atoms with Gasteiger partial charge in [-0.1, -0.05) is 23.8 Å². The second-order valence-electron chi connectivity index (χ2n) is 4.42. The van der Waals surface area contributed by atoms with Gasteiger partial charge in [0.05, 0.1) is 0 Å². The highest BCUT2D eigenvalue weighted by atomic mass is 32.1. The van der Waals surface area contributed by atoms with E-state index in [2.05, 4.69) is 32.0 Å². The van der Waals surface area contributed by atoms with Crippen LogP contribution in [0.2, 0.25) is 0 Å². The van der Waals surface area contributed by atoms with E-state index in [0.717, 1.165) is 16.0 Å². The van der Waals surface area contributed by atoms with Gasteiger partial charge in [0, 0.05) is 16.9 Å². The Morgan fingerprint density at radius 3 is 2.59 bits per heavy atom. The third-order valence-electron chi connectivity index (χ3n) is 3.01. The first-order chi connectivity index (χ1) is 8.08. The Labute approximate surface area is 106 Å². The van der Waals surface area contributed by atoms with Crippen molar-refractivity contribution in [2.75, 3.05) is 0 Å². The summed E-state index contributed by atoms with van der Waals surface area (Å²) in [5, 5.41) is 1.98. The minimum Gasteiger partial charge on any atom is -0.294 e. The lowest BCUT2D eigenvalue weighted by molar-refractivity contribution is 0.0992. The van der Waals surface area contributed by atoms with E-state index in [4.69, 9.17) is 0 Å². The normalized spacial score (nSPS) is 10.5. The van der Waals surface area contributed by atoms with Crippen molar-refractivity contribution < 1.29 is 4.79 Å². The highest BCUT2D eigenvalue weighted by Gasteiger charge is 2.12. The van der Waals surface area contributed by atoms with Crippen molar-refractivity contribution in [3.8, 4) is 0 Å². The summed E-state index contributed by atoms with van der Waals surface area (Å²) < 4.78 is 0. The highest BCUT2D eigenvalue weighted by Crippen LogP contribution is 2.19. The molecule has 0 aliphatic heterocycles. The number of Topliss-reactive ketones (excluding diaryl/α,β-unsaturated/α-hetero) is 1. The number of aryl methyl sites for hydroxylation is 3. The Kier molecular flexibility index (Phi) is 3.43. The first kappa shape index (κ1) is 12.1. The van der Waals surface area contributed by atoms with Crippen molar-refractivity contribution >= 4 is 17.1 Å². The molecule has 2 heteroatoms. The van der Waals surface area contributed by atoms with E-state index in [1.54, 1.807) is 11.3 Å². The molecule has 2 rings (SSSR count). The summed E-state index contributed by atoms with van der Waals surface area (Å²) in [6.45, 7) is 6.12. The molecule has 0 aliphatic rings. The van der Waals surface area contributed by atoms with E-state index in [1.807, 2.05) is 18.4 Å². The fraction of sp³-hybridized carbons (Fsp3) is 0.267. The zero-order chi connectivity index (χ0) is 12.4. The molecule has 0 atom stereocenters. The molecule has 0 aliphatic carbocycles. The molecular formula is C15H16OS. The van der Waals surface area contributed by atoms with Gasteiger partial charge in [0.1, 0.15) is 0 Å². The van der Waals surface area contributed by atoms with Gasteiger partial charge in [-0.15, -0.1) is 11.3 Å². The predicted molar refractivity (Wildman–Crippen MR) is 73.0 cm³/mol. The summed E-state index contributed by atoms with van der Waals surface area (Å²) in [6, 6.07) is 8.19. The Bertz CT molecular complexity index is 552. The first-order valence-corrected chi connectivity index (χ1v) is 6.59. The van der Waals surface area contributed by atoms with Crippen molar-refractivity contribution in [2.24, 2.45) is 0 Å². The maximum absolute atomic E-state index is 12.2. The minimum atomic E-state index is 0.220. The minimum absolute atomic E-state index is 0.220. The van der Waals surface area contributed by atoms with Crippen LogP contribution in [-0.4, -0.2) is 5.78 Å². The maximum atomic E-state index is 12.2. The van der Waals surface area contributed by atoms with Gasteiger partial charge < -0.3 is 0 Å². The van der Waals surface area contributed by atoms with Crippen LogP contribution in [0.3, 0.4) is 0 Å². The number of benzene rings is 1. The largest absolute Gasteiger partial charge is 0.294 e. The summed E-state index contributed by atoms with van der Waals surface area (Å²) in [7, 11) is 0. The Morgan fingerprint density at radius 2 is 1.94 bits per heavy atom. The van der Waals surface area contributed by atoms with Crippen molar-refractivity contribution in [3.05, 3.63) is 56.8 Å². The second kappa shape index (κ2) is 4.84. The molecule has 2 aromatic rings. The van der Waals surface area contributed by atoms with Crippen molar-refractivity contribution in [3.63, 3.8) is 0 Å². The average molecular weight is 244 g/mol. The molecule has 1 aromatic heterocycles. The van der Waals surface area contributed by atoms with Gasteiger partial charge in [-0.25, -0.2) is 0 Å². The molecule has 1 heterocycles. The molecule has 0 bridgehead atoms. The SMILES string of the molecule is Cc1ccc(C)c(CC(=O)c2ccsc2C)c1. The van der Waals surface area contributed by atoms with Crippen LogP contribution in [0.5, 0.6) is 0 Å². The zero-order valence-corrected chi connectivity index (χ0v) is 11.2. The predicted octanol–water partition coefficient (Wildman–Crippen LogP) is 4.10. The van der Waals surface area contributed by atoms with Gasteiger partial charge in [0.25, 0.3) is 0 Å². The molecule has 0 spiro atoms. The van der Waals surface area contributed by atoms with Gasteiger partial charge in [-0.3, -0.25) is 4.79 Å². The number of ketones is 1. The quantitative estimate of drug-likeness (QED) is 0.743. The molecule has 88 valence electrons. The Balaban J connectivity index is 2.24. The molecule has 0 saturated heterocycles. The lowest BCUT2D eigenvalue weighted by Gasteiger charge is -2.06. The van der Waals surface area contributed by atoms with E-state index < -0.39 is 0 Å². The fourth-order valence-electron chi connectivity index (χ4n) is 1.93. The number of rotatable bonds is 3. The number of carbonyl (C=O) groups is 1. The van der Waals surface area contributed by atoms with Crippen LogP contribution in [0.4, 0.5) is 0 Å². The van der Waals surface area contributed by atoms with Crippen LogP contribution in [-0.2, 0) is 6.42 Å². The summed E-state index contributed by atoms with van der Waals surface area (Å²) in [5.41, 5.74) is 4.41. The van der Waals surface area contributed by atoms with Crippen molar-refractivity contribution in [1.29, 1.82) is 0 Å². The molecule has 0 radical (unpaired) electrons. The topological polar surface area (TPSA) is 17.1 Å². The Hall–Kier alpha value is -1.41. The van der Waals surface area contributed by atoms with Crippen LogP contribution in [0.1, 0.15) is 31.9 Å². The number of hydrogen-bond donors (Lipinski definition) is 0. The van der Waals surface area contributed by atoms with E-state index >= 15 is 0 Å². The summed E-state index contributed by atoms with van der Waals surface area (Å²) >= 11 is 1.63. The second-order valence-corrected chi connectivity index (χ2v) is 5.54. The van der Waals surface area contributed by atoms with Crippen molar-refractivity contribution in [1.82, 2.24) is 0 Å². The third kappa shape index (κ3) is 2.64. The molecule has 0 unspecified atom stereocenters. The van der Waals surface area contributed by atoms with E-state index in [1.165, 1.54) is 11.1 Å². The average Bonchev–Trinajstić information content (AvgIpc) is 2.70. The molecule has 0 saturated carbocycles. The zero-order valence-electron chi connectivity index (χ0n) is 10.4. The lowest BCUT2D eigenvalue weighted by atomic mass is 9.98. The first-order valence-electron chi connectivity index (χ1n) is 5.71.